The summed E-state index contributed by atoms with van der Waals surface area (Å²) in [5, 5.41) is 9.26. The van der Waals surface area contributed by atoms with Crippen LogP contribution in [-0.2, 0) is 4.79 Å². The van der Waals surface area contributed by atoms with E-state index in [9.17, 15) is 14.7 Å². The molecule has 4 heterocycles. The van der Waals surface area contributed by atoms with Gasteiger partial charge in [0.1, 0.15) is 15.8 Å². The number of rotatable bonds is 11. The fraction of sp³-hybridized carbons (Fsp3) is 0.538. The highest BCUT2D eigenvalue weighted by Crippen LogP contribution is 2.34. The maximum atomic E-state index is 13.6. The standard InChI is InChI=1S/C26H35N5O3S2/c1-2-3-4-5-6-8-12-31-25(34)21(36-26(31)35)19-20-23(29-15-13-28(14-16-29)17-18-32)27-22-10-7-9-11-30(22)24(20)33/h7,9-11,19,32H,2-6,8,12-18H2,1H3/b21-19+. The van der Waals surface area contributed by atoms with Crippen molar-refractivity contribution >= 4 is 51.7 Å². The lowest BCUT2D eigenvalue weighted by Gasteiger charge is -2.35. The molecule has 0 saturated carbocycles. The lowest BCUT2D eigenvalue weighted by atomic mass is 10.1. The van der Waals surface area contributed by atoms with Gasteiger partial charge in [-0.1, -0.05) is 69.1 Å². The molecule has 0 aromatic carbocycles. The van der Waals surface area contributed by atoms with Crippen molar-refractivity contribution in [2.24, 2.45) is 0 Å². The van der Waals surface area contributed by atoms with E-state index >= 15 is 0 Å². The van der Waals surface area contributed by atoms with Crippen molar-refractivity contribution in [2.75, 3.05) is 50.8 Å². The number of hydrogen-bond acceptors (Lipinski definition) is 8. The number of pyridine rings is 1. The number of unbranched alkanes of at least 4 members (excludes halogenated alkanes) is 5. The number of β-amino-alcohol motifs (C(OH)–C–C–N with tert-alkyl or cyclic N) is 1. The summed E-state index contributed by atoms with van der Waals surface area (Å²) < 4.78 is 2.07. The first kappa shape index (κ1) is 26.8. The predicted molar refractivity (Wildman–Crippen MR) is 150 cm³/mol. The molecule has 0 unspecified atom stereocenters. The van der Waals surface area contributed by atoms with Gasteiger partial charge in [-0.15, -0.1) is 0 Å². The minimum absolute atomic E-state index is 0.126. The number of thioether (sulfide) groups is 1. The van der Waals surface area contributed by atoms with Crippen LogP contribution in [-0.4, -0.2) is 80.4 Å². The second-order valence-corrected chi connectivity index (χ2v) is 10.9. The summed E-state index contributed by atoms with van der Waals surface area (Å²) in [6, 6.07) is 5.47. The molecule has 2 aliphatic rings. The molecular formula is C26H35N5O3S2. The molecule has 10 heteroatoms. The van der Waals surface area contributed by atoms with E-state index in [0.717, 1.165) is 25.9 Å². The lowest BCUT2D eigenvalue weighted by molar-refractivity contribution is -0.122. The van der Waals surface area contributed by atoms with Crippen LogP contribution in [0.3, 0.4) is 0 Å². The molecule has 2 aliphatic heterocycles. The van der Waals surface area contributed by atoms with E-state index < -0.39 is 0 Å². The van der Waals surface area contributed by atoms with E-state index in [1.807, 2.05) is 12.1 Å². The number of carbonyl (C=O) groups excluding carboxylic acids is 1. The maximum absolute atomic E-state index is 13.6. The average molecular weight is 530 g/mol. The molecule has 2 aromatic rings. The zero-order valence-electron chi connectivity index (χ0n) is 20.9. The van der Waals surface area contributed by atoms with E-state index in [-0.39, 0.29) is 18.1 Å². The molecule has 1 amide bonds. The van der Waals surface area contributed by atoms with E-state index in [0.29, 0.717) is 52.4 Å². The van der Waals surface area contributed by atoms with Crippen molar-refractivity contribution in [1.82, 2.24) is 19.2 Å². The Morgan fingerprint density at radius 3 is 2.56 bits per heavy atom. The summed E-state index contributed by atoms with van der Waals surface area (Å²) >= 11 is 6.79. The number of aliphatic hydroxyl groups excluding tert-OH is 1. The van der Waals surface area contributed by atoms with Gasteiger partial charge in [0.05, 0.1) is 17.1 Å². The van der Waals surface area contributed by atoms with Gasteiger partial charge in [0.25, 0.3) is 11.5 Å². The Labute approximate surface area is 222 Å². The maximum Gasteiger partial charge on any atom is 0.267 e. The van der Waals surface area contributed by atoms with Gasteiger partial charge in [-0.2, -0.15) is 0 Å². The van der Waals surface area contributed by atoms with Crippen LogP contribution >= 0.6 is 24.0 Å². The van der Waals surface area contributed by atoms with Crippen LogP contribution in [0.2, 0.25) is 0 Å². The molecular weight excluding hydrogens is 494 g/mol. The van der Waals surface area contributed by atoms with Crippen LogP contribution in [0, 0.1) is 0 Å². The van der Waals surface area contributed by atoms with Crippen LogP contribution < -0.4 is 10.5 Å². The second-order valence-electron chi connectivity index (χ2n) is 9.24. The second kappa shape index (κ2) is 12.8. The number of nitrogens with zero attached hydrogens (tertiary/aromatic N) is 5. The van der Waals surface area contributed by atoms with Gasteiger partial charge >= 0.3 is 0 Å². The van der Waals surface area contributed by atoms with Crippen molar-refractivity contribution < 1.29 is 9.90 Å². The smallest absolute Gasteiger partial charge is 0.267 e. The monoisotopic (exact) mass is 529 g/mol. The molecule has 0 radical (unpaired) electrons. The summed E-state index contributed by atoms with van der Waals surface area (Å²) in [6.07, 6.45) is 10.3. The third kappa shape index (κ3) is 6.16. The number of carbonyl (C=O) groups is 1. The van der Waals surface area contributed by atoms with E-state index in [2.05, 4.69) is 16.7 Å². The Bertz CT molecular complexity index is 1170. The highest BCUT2D eigenvalue weighted by atomic mass is 32.2. The third-order valence-corrected chi connectivity index (χ3v) is 8.10. The summed E-state index contributed by atoms with van der Waals surface area (Å²) in [5.41, 5.74) is 0.784. The summed E-state index contributed by atoms with van der Waals surface area (Å²) in [7, 11) is 0. The average Bonchev–Trinajstić information content (AvgIpc) is 3.15. The number of aliphatic hydroxyl groups is 1. The first-order valence-corrected chi connectivity index (χ1v) is 14.1. The fourth-order valence-electron chi connectivity index (χ4n) is 4.66. The largest absolute Gasteiger partial charge is 0.395 e. The van der Waals surface area contributed by atoms with Crippen LogP contribution in [0.25, 0.3) is 11.7 Å². The van der Waals surface area contributed by atoms with Gasteiger partial charge in [-0.3, -0.25) is 23.8 Å². The van der Waals surface area contributed by atoms with Gasteiger partial charge in [-0.05, 0) is 24.6 Å². The Kier molecular flexibility index (Phi) is 9.53. The Morgan fingerprint density at radius 2 is 1.81 bits per heavy atom. The van der Waals surface area contributed by atoms with Crippen molar-refractivity contribution in [2.45, 2.75) is 45.4 Å². The molecule has 0 bridgehead atoms. The first-order valence-electron chi connectivity index (χ1n) is 12.9. The van der Waals surface area contributed by atoms with Crippen LogP contribution in [0.15, 0.2) is 34.1 Å². The molecule has 0 atom stereocenters. The normalized spacial score (nSPS) is 18.2. The highest BCUT2D eigenvalue weighted by molar-refractivity contribution is 8.26. The number of aromatic nitrogens is 2. The van der Waals surface area contributed by atoms with E-state index in [1.165, 1.54) is 41.8 Å². The van der Waals surface area contributed by atoms with Gasteiger partial charge < -0.3 is 10.0 Å². The molecule has 0 aliphatic carbocycles. The number of amides is 1. The molecule has 2 saturated heterocycles. The van der Waals surface area contributed by atoms with Crippen molar-refractivity contribution in [3.63, 3.8) is 0 Å². The summed E-state index contributed by atoms with van der Waals surface area (Å²) in [4.78, 5) is 38.1. The molecule has 2 aromatic heterocycles. The number of piperazine rings is 1. The molecule has 1 N–H and O–H groups in total. The molecule has 2 fully saturated rings. The van der Waals surface area contributed by atoms with Crippen molar-refractivity contribution in [3.8, 4) is 0 Å². The number of hydrogen-bond donors (Lipinski definition) is 1. The molecule has 0 spiro atoms. The zero-order chi connectivity index (χ0) is 25.5. The minimum Gasteiger partial charge on any atom is -0.395 e. The van der Waals surface area contributed by atoms with Crippen LogP contribution in [0.1, 0.15) is 51.0 Å². The highest BCUT2D eigenvalue weighted by Gasteiger charge is 2.32. The van der Waals surface area contributed by atoms with Crippen LogP contribution in [0.4, 0.5) is 5.82 Å². The third-order valence-electron chi connectivity index (χ3n) is 6.72. The van der Waals surface area contributed by atoms with Gasteiger partial charge in [0, 0.05) is 45.5 Å². The zero-order valence-corrected chi connectivity index (χ0v) is 22.5. The van der Waals surface area contributed by atoms with Crippen LogP contribution in [0.5, 0.6) is 0 Å². The summed E-state index contributed by atoms with van der Waals surface area (Å²) in [6.45, 7) is 6.50. The topological polar surface area (TPSA) is 81.4 Å². The minimum atomic E-state index is -0.199. The van der Waals surface area contributed by atoms with E-state index in [1.54, 1.807) is 23.2 Å². The first-order chi connectivity index (χ1) is 17.5. The molecule has 8 nitrogen and oxygen atoms in total. The molecule has 36 heavy (non-hydrogen) atoms. The number of anilines is 1. The van der Waals surface area contributed by atoms with Gasteiger partial charge in [-0.25, -0.2) is 4.98 Å². The SMILES string of the molecule is CCCCCCCCN1C(=O)/C(=C\c2c(N3CCN(CCO)CC3)nc3ccccn3c2=O)SC1=S. The fourth-order valence-corrected chi connectivity index (χ4v) is 5.95. The molecule has 194 valence electrons. The Hall–Kier alpha value is -2.27. The van der Waals surface area contributed by atoms with Crippen molar-refractivity contribution in [3.05, 3.63) is 45.2 Å². The summed E-state index contributed by atoms with van der Waals surface area (Å²) in [5.74, 6) is 0.464. The Morgan fingerprint density at radius 1 is 1.06 bits per heavy atom. The molecule has 4 rings (SSSR count). The quantitative estimate of drug-likeness (QED) is 0.270. The Balaban J connectivity index is 1.58. The number of fused-ring (bicyclic) bond motifs is 1. The van der Waals surface area contributed by atoms with Crippen molar-refractivity contribution in [1.29, 1.82) is 0 Å². The van der Waals surface area contributed by atoms with Gasteiger partial charge in [0.15, 0.2) is 0 Å². The number of thiocarbonyl (C=S) groups is 1. The van der Waals surface area contributed by atoms with Gasteiger partial charge in [0.2, 0.25) is 0 Å². The van der Waals surface area contributed by atoms with E-state index in [4.69, 9.17) is 17.2 Å². The predicted octanol–water partition coefficient (Wildman–Crippen LogP) is 3.37. The lowest BCUT2D eigenvalue weighted by Crippen LogP contribution is -2.48.